The average Bonchev–Trinajstić information content (AvgIpc) is 3.68. The predicted octanol–water partition coefficient (Wildman–Crippen LogP) is 13.3. The standard InChI is InChI=1S/C42H60O2S2/c1-27-5-13-33(14-6-27)35-17-9-31(10-18-35)25-43-38-21-22-39(42-37(38)24-41(46-42)40-23-29(3)30(4)45-40)44-26-32-11-19-36(20-12-32)34-15-7-28(2)8-16-34/h21-24,27-28,31-36H,5-20,25-26H2,1-4H3. The molecule has 4 aliphatic carbocycles. The molecule has 0 aliphatic heterocycles. The molecular formula is C42H60O2S2. The van der Waals surface area contributed by atoms with E-state index in [4.69, 9.17) is 9.47 Å². The van der Waals surface area contributed by atoms with E-state index in [0.29, 0.717) is 11.8 Å². The maximum Gasteiger partial charge on any atom is 0.137 e. The van der Waals surface area contributed by atoms with Crippen LogP contribution in [0, 0.1) is 61.2 Å². The van der Waals surface area contributed by atoms with Crippen molar-refractivity contribution < 1.29 is 9.47 Å². The van der Waals surface area contributed by atoms with Crippen molar-refractivity contribution in [3.8, 4) is 21.3 Å². The van der Waals surface area contributed by atoms with E-state index in [0.717, 1.165) is 60.2 Å². The molecule has 46 heavy (non-hydrogen) atoms. The Labute approximate surface area is 288 Å². The molecule has 3 aromatic rings. The number of rotatable bonds is 9. The highest BCUT2D eigenvalue weighted by Crippen LogP contribution is 2.47. The fourth-order valence-corrected chi connectivity index (χ4v) is 12.0. The van der Waals surface area contributed by atoms with Gasteiger partial charge in [0.25, 0.3) is 0 Å². The van der Waals surface area contributed by atoms with Crippen LogP contribution in [0.25, 0.3) is 19.8 Å². The Morgan fingerprint density at radius 1 is 0.543 bits per heavy atom. The zero-order chi connectivity index (χ0) is 31.6. The van der Waals surface area contributed by atoms with E-state index >= 15 is 0 Å². The van der Waals surface area contributed by atoms with Crippen LogP contribution in [0.2, 0.25) is 0 Å². The summed E-state index contributed by atoms with van der Waals surface area (Å²) in [4.78, 5) is 4.14. The monoisotopic (exact) mass is 660 g/mol. The smallest absolute Gasteiger partial charge is 0.137 e. The summed E-state index contributed by atoms with van der Waals surface area (Å²) < 4.78 is 14.7. The summed E-state index contributed by atoms with van der Waals surface area (Å²) in [5, 5.41) is 1.25. The van der Waals surface area contributed by atoms with Crippen LogP contribution in [-0.2, 0) is 0 Å². The highest BCUT2D eigenvalue weighted by molar-refractivity contribution is 7.26. The van der Waals surface area contributed by atoms with Crippen LogP contribution < -0.4 is 9.47 Å². The van der Waals surface area contributed by atoms with Crippen LogP contribution in [0.4, 0.5) is 0 Å². The lowest BCUT2D eigenvalue weighted by atomic mass is 9.69. The van der Waals surface area contributed by atoms with Crippen LogP contribution in [-0.4, -0.2) is 13.2 Å². The van der Waals surface area contributed by atoms with Crippen LogP contribution >= 0.6 is 22.7 Å². The van der Waals surface area contributed by atoms with Crippen molar-refractivity contribution in [2.45, 2.75) is 130 Å². The summed E-state index contributed by atoms with van der Waals surface area (Å²) >= 11 is 3.82. The Morgan fingerprint density at radius 2 is 0.978 bits per heavy atom. The van der Waals surface area contributed by atoms with Crippen molar-refractivity contribution in [3.05, 3.63) is 34.7 Å². The zero-order valence-corrected chi connectivity index (χ0v) is 30.9. The minimum absolute atomic E-state index is 0.692. The van der Waals surface area contributed by atoms with E-state index < -0.39 is 0 Å². The Kier molecular flexibility index (Phi) is 10.7. The number of hydrogen-bond donors (Lipinski definition) is 0. The molecular weight excluding hydrogens is 601 g/mol. The molecule has 0 bridgehead atoms. The van der Waals surface area contributed by atoms with Gasteiger partial charge in [-0.25, -0.2) is 0 Å². The molecule has 0 amide bonds. The SMILES string of the molecule is Cc1cc(-c2cc3c(OCC4CCC(C5CCC(C)CC5)CC4)ccc(OCC4CCC(C5CCC(C)CC5)CC4)c3s2)sc1C. The van der Waals surface area contributed by atoms with Gasteiger partial charge in [0.15, 0.2) is 0 Å². The van der Waals surface area contributed by atoms with Crippen LogP contribution in [0.3, 0.4) is 0 Å². The highest BCUT2D eigenvalue weighted by atomic mass is 32.1. The van der Waals surface area contributed by atoms with Crippen molar-refractivity contribution >= 4 is 32.8 Å². The lowest BCUT2D eigenvalue weighted by Crippen LogP contribution is -2.27. The fourth-order valence-electron chi connectivity index (χ4n) is 9.71. The Hall–Kier alpha value is -1.52. The molecule has 1 aromatic carbocycles. The number of hydrogen-bond acceptors (Lipinski definition) is 4. The first-order chi connectivity index (χ1) is 22.4. The molecule has 0 atom stereocenters. The summed E-state index contributed by atoms with van der Waals surface area (Å²) in [6.07, 6.45) is 22.7. The van der Waals surface area contributed by atoms with Gasteiger partial charge in [-0.2, -0.15) is 0 Å². The number of benzene rings is 1. The third kappa shape index (κ3) is 7.69. The molecule has 4 saturated carbocycles. The summed E-state index contributed by atoms with van der Waals surface area (Å²) in [7, 11) is 0. The van der Waals surface area contributed by atoms with Crippen molar-refractivity contribution in [1.29, 1.82) is 0 Å². The van der Waals surface area contributed by atoms with Crippen molar-refractivity contribution in [1.82, 2.24) is 0 Å². The highest BCUT2D eigenvalue weighted by Gasteiger charge is 2.32. The maximum atomic E-state index is 6.72. The van der Waals surface area contributed by atoms with E-state index in [1.54, 1.807) is 0 Å². The van der Waals surface area contributed by atoms with E-state index in [2.05, 4.69) is 52.0 Å². The molecule has 7 rings (SSSR count). The molecule has 2 aromatic heterocycles. The predicted molar refractivity (Wildman–Crippen MR) is 199 cm³/mol. The molecule has 4 fully saturated rings. The molecule has 0 radical (unpaired) electrons. The topological polar surface area (TPSA) is 18.5 Å². The van der Waals surface area contributed by atoms with Crippen molar-refractivity contribution in [3.63, 3.8) is 0 Å². The van der Waals surface area contributed by atoms with Crippen molar-refractivity contribution in [2.75, 3.05) is 13.2 Å². The summed E-state index contributed by atoms with van der Waals surface area (Å²) in [6, 6.07) is 9.19. The van der Waals surface area contributed by atoms with Gasteiger partial charge in [0.2, 0.25) is 0 Å². The van der Waals surface area contributed by atoms with Gasteiger partial charge >= 0.3 is 0 Å². The lowest BCUT2D eigenvalue weighted by molar-refractivity contribution is 0.125. The van der Waals surface area contributed by atoms with Gasteiger partial charge in [-0.05, 0) is 168 Å². The second-order valence-electron chi connectivity index (χ2n) is 16.5. The normalized spacial score (nSPS) is 32.4. The summed E-state index contributed by atoms with van der Waals surface area (Å²) in [6.45, 7) is 11.1. The number of fused-ring (bicyclic) bond motifs is 1. The minimum Gasteiger partial charge on any atom is -0.493 e. The molecule has 2 nitrogen and oxygen atoms in total. The van der Waals surface area contributed by atoms with Gasteiger partial charge in [-0.15, -0.1) is 22.7 Å². The van der Waals surface area contributed by atoms with E-state index in [1.165, 1.54) is 133 Å². The van der Waals surface area contributed by atoms with Crippen LogP contribution in [0.5, 0.6) is 11.5 Å². The fraction of sp³-hybridized carbons (Fsp3) is 0.714. The van der Waals surface area contributed by atoms with Gasteiger partial charge in [-0.1, -0.05) is 39.5 Å². The molecule has 4 aliphatic rings. The van der Waals surface area contributed by atoms with Gasteiger partial charge in [0.05, 0.1) is 17.9 Å². The molecule has 252 valence electrons. The number of thiophene rings is 2. The zero-order valence-electron chi connectivity index (χ0n) is 29.3. The second-order valence-corrected chi connectivity index (χ2v) is 18.8. The summed E-state index contributed by atoms with van der Waals surface area (Å²) in [5.41, 5.74) is 1.39. The molecule has 4 heteroatoms. The number of aryl methyl sites for hydroxylation is 2. The number of ether oxygens (including phenoxy) is 2. The van der Waals surface area contributed by atoms with Crippen molar-refractivity contribution in [2.24, 2.45) is 47.3 Å². The largest absolute Gasteiger partial charge is 0.493 e. The Balaban J connectivity index is 0.991. The van der Waals surface area contributed by atoms with E-state index in [1.807, 2.05) is 22.7 Å². The molecule has 0 N–H and O–H groups in total. The second kappa shape index (κ2) is 14.9. The van der Waals surface area contributed by atoms with E-state index in [9.17, 15) is 0 Å². The quantitative estimate of drug-likeness (QED) is 0.227. The molecule has 2 heterocycles. The Morgan fingerprint density at radius 3 is 1.46 bits per heavy atom. The lowest BCUT2D eigenvalue weighted by Gasteiger charge is -2.37. The molecule has 0 unspecified atom stereocenters. The molecule has 0 saturated heterocycles. The van der Waals surface area contributed by atoms with Crippen LogP contribution in [0.1, 0.15) is 127 Å². The first-order valence-electron chi connectivity index (χ1n) is 19.3. The minimum atomic E-state index is 0.692. The third-order valence-electron chi connectivity index (χ3n) is 13.2. The van der Waals surface area contributed by atoms with Crippen LogP contribution in [0.15, 0.2) is 24.3 Å². The molecule has 0 spiro atoms. The first kappa shape index (κ1) is 33.0. The maximum absolute atomic E-state index is 6.72. The Bertz CT molecular complexity index is 1300. The van der Waals surface area contributed by atoms with Gasteiger partial charge in [0, 0.05) is 20.0 Å². The van der Waals surface area contributed by atoms with E-state index in [-0.39, 0.29) is 0 Å². The van der Waals surface area contributed by atoms with Gasteiger partial charge < -0.3 is 9.47 Å². The first-order valence-corrected chi connectivity index (χ1v) is 20.9. The summed E-state index contributed by atoms with van der Waals surface area (Å²) in [5.74, 6) is 9.34. The van der Waals surface area contributed by atoms with Gasteiger partial charge in [0.1, 0.15) is 11.5 Å². The van der Waals surface area contributed by atoms with Gasteiger partial charge in [-0.3, -0.25) is 0 Å². The average molecular weight is 661 g/mol. The third-order valence-corrected chi connectivity index (χ3v) is 15.7.